The van der Waals surface area contributed by atoms with E-state index in [0.717, 1.165) is 17.1 Å². The number of methoxy groups -OCH3 is 1. The first-order valence-corrected chi connectivity index (χ1v) is 8.21. The molecule has 2 aromatic heterocycles. The van der Waals surface area contributed by atoms with Crippen LogP contribution in [0, 0.1) is 0 Å². The Bertz CT molecular complexity index is 597. The Morgan fingerprint density at radius 2 is 2.33 bits per heavy atom. The summed E-state index contributed by atoms with van der Waals surface area (Å²) in [7, 11) is 3.36. The molecule has 0 unspecified atom stereocenters. The Labute approximate surface area is 131 Å². The van der Waals surface area contributed by atoms with E-state index in [4.69, 9.17) is 4.74 Å². The Hall–Kier alpha value is -1.51. The predicted octanol–water partition coefficient (Wildman–Crippen LogP) is 2.97. The SMILES string of the molecule is CCc1cnc(CN(C)C(=O)Nc2nc(COC)cs2)s1. The standard InChI is InChI=1S/C13H18N4O2S2/c1-4-10-5-14-11(21-10)6-17(2)13(18)16-12-15-9(7-19-3)8-20-12/h5,8H,4,6-7H2,1-3H3,(H,15,16,18). The molecule has 114 valence electrons. The molecule has 0 saturated carbocycles. The van der Waals surface area contributed by atoms with Crippen LogP contribution < -0.4 is 5.32 Å². The topological polar surface area (TPSA) is 67.4 Å². The van der Waals surface area contributed by atoms with Gasteiger partial charge in [-0.2, -0.15) is 0 Å². The van der Waals surface area contributed by atoms with Crippen molar-refractivity contribution in [2.24, 2.45) is 0 Å². The number of hydrogen-bond donors (Lipinski definition) is 1. The van der Waals surface area contributed by atoms with Crippen molar-refractivity contribution in [3.05, 3.63) is 27.2 Å². The van der Waals surface area contributed by atoms with E-state index < -0.39 is 0 Å². The fraction of sp³-hybridized carbons (Fsp3) is 0.462. The molecule has 2 amide bonds. The van der Waals surface area contributed by atoms with E-state index in [1.165, 1.54) is 16.2 Å². The molecule has 2 aromatic rings. The predicted molar refractivity (Wildman–Crippen MR) is 84.8 cm³/mol. The maximum atomic E-state index is 12.1. The van der Waals surface area contributed by atoms with Crippen molar-refractivity contribution in [2.45, 2.75) is 26.5 Å². The summed E-state index contributed by atoms with van der Waals surface area (Å²) in [5, 5.41) is 6.16. The third-order valence-electron chi connectivity index (χ3n) is 2.73. The van der Waals surface area contributed by atoms with E-state index in [-0.39, 0.29) is 6.03 Å². The van der Waals surface area contributed by atoms with Gasteiger partial charge in [0.25, 0.3) is 0 Å². The zero-order valence-corrected chi connectivity index (χ0v) is 13.9. The lowest BCUT2D eigenvalue weighted by molar-refractivity contribution is 0.182. The molecule has 0 saturated heterocycles. The highest BCUT2D eigenvalue weighted by molar-refractivity contribution is 7.14. The second-order valence-corrected chi connectivity index (χ2v) is 6.49. The molecule has 0 spiro atoms. The molecule has 0 aliphatic rings. The van der Waals surface area contributed by atoms with Gasteiger partial charge in [-0.1, -0.05) is 6.92 Å². The molecule has 0 fully saturated rings. The zero-order valence-electron chi connectivity index (χ0n) is 12.3. The number of ether oxygens (including phenoxy) is 1. The zero-order chi connectivity index (χ0) is 15.2. The second kappa shape index (κ2) is 7.48. The summed E-state index contributed by atoms with van der Waals surface area (Å²) in [6.07, 6.45) is 2.83. The average Bonchev–Trinajstić information content (AvgIpc) is 3.08. The van der Waals surface area contributed by atoms with Gasteiger partial charge in [0.05, 0.1) is 18.8 Å². The van der Waals surface area contributed by atoms with Crippen LogP contribution in [-0.4, -0.2) is 35.1 Å². The lowest BCUT2D eigenvalue weighted by atomic mass is 10.4. The minimum atomic E-state index is -0.193. The lowest BCUT2D eigenvalue weighted by Crippen LogP contribution is -2.30. The molecule has 0 aliphatic carbocycles. The normalized spacial score (nSPS) is 10.6. The minimum absolute atomic E-state index is 0.193. The van der Waals surface area contributed by atoms with Crippen molar-refractivity contribution < 1.29 is 9.53 Å². The van der Waals surface area contributed by atoms with Gasteiger partial charge in [0, 0.05) is 30.6 Å². The van der Waals surface area contributed by atoms with Crippen molar-refractivity contribution in [3.63, 3.8) is 0 Å². The minimum Gasteiger partial charge on any atom is -0.378 e. The van der Waals surface area contributed by atoms with E-state index in [0.29, 0.717) is 18.3 Å². The first kappa shape index (κ1) is 15.9. The summed E-state index contributed by atoms with van der Waals surface area (Å²) in [5.41, 5.74) is 0.813. The number of urea groups is 1. The third-order valence-corrected chi connectivity index (χ3v) is 4.66. The maximum Gasteiger partial charge on any atom is 0.323 e. The quantitative estimate of drug-likeness (QED) is 0.886. The Kier molecular flexibility index (Phi) is 5.66. The molecule has 0 atom stereocenters. The van der Waals surface area contributed by atoms with Crippen molar-refractivity contribution in [2.75, 3.05) is 19.5 Å². The van der Waals surface area contributed by atoms with Crippen LogP contribution in [0.5, 0.6) is 0 Å². The van der Waals surface area contributed by atoms with Crippen molar-refractivity contribution >= 4 is 33.8 Å². The lowest BCUT2D eigenvalue weighted by Gasteiger charge is -2.15. The molecule has 6 nitrogen and oxygen atoms in total. The summed E-state index contributed by atoms with van der Waals surface area (Å²) < 4.78 is 5.00. The number of nitrogens with zero attached hydrogens (tertiary/aromatic N) is 3. The number of aromatic nitrogens is 2. The van der Waals surface area contributed by atoms with Crippen molar-refractivity contribution in [1.29, 1.82) is 0 Å². The molecular formula is C13H18N4O2S2. The highest BCUT2D eigenvalue weighted by Crippen LogP contribution is 2.18. The maximum absolute atomic E-state index is 12.1. The molecule has 0 aromatic carbocycles. The van der Waals surface area contributed by atoms with E-state index in [9.17, 15) is 4.79 Å². The second-order valence-electron chi connectivity index (χ2n) is 4.44. The summed E-state index contributed by atoms with van der Waals surface area (Å²) >= 11 is 3.02. The van der Waals surface area contributed by atoms with Gasteiger partial charge in [-0.3, -0.25) is 5.32 Å². The molecule has 2 heterocycles. The largest absolute Gasteiger partial charge is 0.378 e. The molecule has 2 rings (SSSR count). The number of hydrogen-bond acceptors (Lipinski definition) is 6. The summed E-state index contributed by atoms with van der Waals surface area (Å²) in [6, 6.07) is -0.193. The number of rotatable bonds is 6. The molecular weight excluding hydrogens is 308 g/mol. The number of nitrogens with one attached hydrogen (secondary N) is 1. The van der Waals surface area contributed by atoms with Gasteiger partial charge >= 0.3 is 6.03 Å². The smallest absolute Gasteiger partial charge is 0.323 e. The van der Waals surface area contributed by atoms with E-state index >= 15 is 0 Å². The number of anilines is 1. The van der Waals surface area contributed by atoms with E-state index in [2.05, 4.69) is 22.2 Å². The summed E-state index contributed by atoms with van der Waals surface area (Å²) in [6.45, 7) is 3.03. The van der Waals surface area contributed by atoms with Crippen LogP contribution in [0.1, 0.15) is 22.5 Å². The number of carbonyl (C=O) groups excluding carboxylic acids is 1. The Morgan fingerprint density at radius 1 is 1.52 bits per heavy atom. The van der Waals surface area contributed by atoms with Gasteiger partial charge in [-0.25, -0.2) is 14.8 Å². The molecule has 0 radical (unpaired) electrons. The van der Waals surface area contributed by atoms with Gasteiger partial charge < -0.3 is 9.64 Å². The molecule has 8 heteroatoms. The van der Waals surface area contributed by atoms with Crippen LogP contribution in [0.4, 0.5) is 9.93 Å². The van der Waals surface area contributed by atoms with Crippen LogP contribution in [0.25, 0.3) is 0 Å². The number of amides is 2. The highest BCUT2D eigenvalue weighted by Gasteiger charge is 2.13. The number of aryl methyl sites for hydroxylation is 1. The summed E-state index contributed by atoms with van der Waals surface area (Å²) in [4.78, 5) is 23.5. The van der Waals surface area contributed by atoms with Gasteiger partial charge in [0.2, 0.25) is 0 Å². The van der Waals surface area contributed by atoms with Crippen LogP contribution in [0.15, 0.2) is 11.6 Å². The Morgan fingerprint density at radius 3 is 3.00 bits per heavy atom. The van der Waals surface area contributed by atoms with E-state index in [1.807, 2.05) is 11.6 Å². The van der Waals surface area contributed by atoms with Crippen molar-refractivity contribution in [1.82, 2.24) is 14.9 Å². The highest BCUT2D eigenvalue weighted by atomic mass is 32.1. The Balaban J connectivity index is 1.89. The summed E-state index contributed by atoms with van der Waals surface area (Å²) in [5.74, 6) is 0. The molecule has 0 aliphatic heterocycles. The molecule has 0 bridgehead atoms. The fourth-order valence-electron chi connectivity index (χ4n) is 1.62. The van der Waals surface area contributed by atoms with Crippen LogP contribution in [0.2, 0.25) is 0 Å². The molecule has 1 N–H and O–H groups in total. The van der Waals surface area contributed by atoms with Gasteiger partial charge in [-0.15, -0.1) is 22.7 Å². The van der Waals surface area contributed by atoms with Crippen molar-refractivity contribution in [3.8, 4) is 0 Å². The fourth-order valence-corrected chi connectivity index (χ4v) is 3.23. The first-order chi connectivity index (χ1) is 10.1. The van der Waals surface area contributed by atoms with Crippen LogP contribution >= 0.6 is 22.7 Å². The first-order valence-electron chi connectivity index (χ1n) is 6.51. The number of thiazole rings is 2. The van der Waals surface area contributed by atoms with Crippen LogP contribution in [-0.2, 0) is 24.3 Å². The monoisotopic (exact) mass is 326 g/mol. The average molecular weight is 326 g/mol. The van der Waals surface area contributed by atoms with E-state index in [1.54, 1.807) is 30.4 Å². The number of carbonyl (C=O) groups is 1. The van der Waals surface area contributed by atoms with Gasteiger partial charge in [0.1, 0.15) is 5.01 Å². The van der Waals surface area contributed by atoms with Gasteiger partial charge in [0.15, 0.2) is 5.13 Å². The van der Waals surface area contributed by atoms with Gasteiger partial charge in [-0.05, 0) is 6.42 Å². The van der Waals surface area contributed by atoms with Crippen LogP contribution in [0.3, 0.4) is 0 Å². The molecule has 21 heavy (non-hydrogen) atoms. The third kappa shape index (κ3) is 4.48.